The van der Waals surface area contributed by atoms with Crippen LogP contribution in [0.25, 0.3) is 0 Å². The van der Waals surface area contributed by atoms with Gasteiger partial charge in [-0.1, -0.05) is 0 Å². The van der Waals surface area contributed by atoms with Gasteiger partial charge in [0.2, 0.25) is 11.9 Å². The molecule has 1 heterocycles. The Bertz CT molecular complexity index is 384. The number of anilines is 3. The average molecular weight is 290 g/mol. The molecule has 4 N–H and O–H groups in total. The fourth-order valence-electron chi connectivity index (χ4n) is 1.19. The summed E-state index contributed by atoms with van der Waals surface area (Å²) >= 11 is 0. The summed E-state index contributed by atoms with van der Waals surface area (Å²) in [6, 6.07) is 0. The molecule has 0 aromatic carbocycles. The summed E-state index contributed by atoms with van der Waals surface area (Å²) in [5, 5.41) is 37.7. The van der Waals surface area contributed by atoms with Crippen LogP contribution in [0.3, 0.4) is 0 Å². The number of aliphatic hydroxyl groups excluding tert-OH is 4. The minimum atomic E-state index is -0.520. The van der Waals surface area contributed by atoms with Gasteiger partial charge < -0.3 is 20.4 Å². The van der Waals surface area contributed by atoms with Crippen molar-refractivity contribution < 1.29 is 25.3 Å². The second-order valence-corrected chi connectivity index (χ2v) is 3.56. The molecule has 0 bridgehead atoms. The predicted molar refractivity (Wildman–Crippen MR) is 68.5 cm³/mol. The molecule has 0 saturated heterocycles. The Kier molecular flexibility index (Phi) is 6.27. The van der Waals surface area contributed by atoms with Gasteiger partial charge in [-0.2, -0.15) is 15.0 Å². The summed E-state index contributed by atoms with van der Waals surface area (Å²) in [7, 11) is 2.93. The molecule has 20 heavy (non-hydrogen) atoms. The smallest absolute Gasteiger partial charge is 0.256 e. The molecule has 0 saturated carbocycles. The summed E-state index contributed by atoms with van der Waals surface area (Å²) in [5.41, 5.74) is 0. The van der Waals surface area contributed by atoms with Crippen molar-refractivity contribution in [2.75, 3.05) is 55.9 Å². The maximum atomic E-state index is 9.12. The van der Waals surface area contributed by atoms with Crippen LogP contribution in [0.1, 0.15) is 0 Å². The van der Waals surface area contributed by atoms with Crippen LogP contribution in [0.4, 0.5) is 17.8 Å². The summed E-state index contributed by atoms with van der Waals surface area (Å²) in [4.78, 5) is 19.0. The minimum absolute atomic E-state index is 0.0363. The number of hydrogen-bond acceptors (Lipinski definition) is 11. The van der Waals surface area contributed by atoms with E-state index in [0.29, 0.717) is 0 Å². The number of aliphatic hydroxyl groups is 4. The molecule has 0 radical (unpaired) electrons. The number of rotatable bonds is 8. The third-order valence-electron chi connectivity index (χ3n) is 2.40. The highest BCUT2D eigenvalue weighted by atomic mass is 16.7. The largest absolute Gasteiger partial charge is 0.376 e. The Hall–Kier alpha value is -1.79. The van der Waals surface area contributed by atoms with Gasteiger partial charge in [-0.3, -0.25) is 14.6 Å². The van der Waals surface area contributed by atoms with Crippen LogP contribution in [0, 0.1) is 0 Å². The van der Waals surface area contributed by atoms with Gasteiger partial charge in [-0.15, -0.1) is 0 Å². The number of nitrogens with zero attached hydrogens (tertiary/aromatic N) is 6. The Labute approximate surface area is 115 Å². The number of aromatic nitrogens is 3. The molecule has 11 nitrogen and oxygen atoms in total. The molecule has 1 rings (SSSR count). The van der Waals surface area contributed by atoms with Gasteiger partial charge in [-0.25, -0.2) is 5.06 Å². The van der Waals surface area contributed by atoms with E-state index in [9.17, 15) is 0 Å². The van der Waals surface area contributed by atoms with Crippen molar-refractivity contribution in [3.63, 3.8) is 0 Å². The van der Waals surface area contributed by atoms with Gasteiger partial charge in [0.1, 0.15) is 26.9 Å². The molecule has 0 aliphatic carbocycles. The lowest BCUT2D eigenvalue weighted by atomic mass is 10.7. The molecule has 0 amide bonds. The fraction of sp³-hybridized carbons (Fsp3) is 0.667. The second kappa shape index (κ2) is 7.72. The zero-order chi connectivity index (χ0) is 15.1. The van der Waals surface area contributed by atoms with Crippen LogP contribution >= 0.6 is 0 Å². The maximum Gasteiger partial charge on any atom is 0.256 e. The van der Waals surface area contributed by atoms with Crippen molar-refractivity contribution in [2.24, 2.45) is 0 Å². The van der Waals surface area contributed by atoms with Crippen LogP contribution < -0.4 is 14.9 Å². The van der Waals surface area contributed by atoms with Crippen molar-refractivity contribution in [1.82, 2.24) is 15.0 Å². The van der Waals surface area contributed by atoms with E-state index in [2.05, 4.69) is 15.0 Å². The van der Waals surface area contributed by atoms with E-state index < -0.39 is 26.9 Å². The topological polar surface area (TPSA) is 139 Å². The lowest BCUT2D eigenvalue weighted by molar-refractivity contribution is 0.179. The van der Waals surface area contributed by atoms with Crippen LogP contribution in [0.2, 0.25) is 0 Å². The molecule has 114 valence electrons. The number of hydrogen-bond donors (Lipinski definition) is 4. The summed E-state index contributed by atoms with van der Waals surface area (Å²) in [6.07, 6.45) is 0. The third kappa shape index (κ3) is 3.61. The van der Waals surface area contributed by atoms with Gasteiger partial charge in [0.15, 0.2) is 0 Å². The lowest BCUT2D eigenvalue weighted by Crippen LogP contribution is -2.32. The minimum Gasteiger partial charge on any atom is -0.376 e. The average Bonchev–Trinajstić information content (AvgIpc) is 2.49. The molecule has 0 fully saturated rings. The Morgan fingerprint density at radius 1 is 0.800 bits per heavy atom. The highest BCUT2D eigenvalue weighted by Gasteiger charge is 2.17. The van der Waals surface area contributed by atoms with Crippen LogP contribution in [0.15, 0.2) is 0 Å². The first-order valence-electron chi connectivity index (χ1n) is 5.58. The van der Waals surface area contributed by atoms with Crippen molar-refractivity contribution >= 4 is 17.8 Å². The van der Waals surface area contributed by atoms with Crippen molar-refractivity contribution in [2.45, 2.75) is 0 Å². The maximum absolute atomic E-state index is 9.12. The van der Waals surface area contributed by atoms with Crippen molar-refractivity contribution in [3.05, 3.63) is 0 Å². The lowest BCUT2D eigenvalue weighted by Gasteiger charge is -2.23. The first-order chi connectivity index (χ1) is 9.60. The highest BCUT2D eigenvalue weighted by molar-refractivity contribution is 5.44. The Morgan fingerprint density at radius 3 is 1.45 bits per heavy atom. The zero-order valence-electron chi connectivity index (χ0n) is 11.2. The number of hydroxylamine groups is 1. The highest BCUT2D eigenvalue weighted by Crippen LogP contribution is 2.17. The van der Waals surface area contributed by atoms with E-state index in [0.717, 1.165) is 9.80 Å². The molecule has 0 aliphatic rings. The second-order valence-electron chi connectivity index (χ2n) is 3.56. The normalized spacial score (nSPS) is 10.5. The van der Waals surface area contributed by atoms with Crippen LogP contribution in [-0.2, 0) is 4.84 Å². The zero-order valence-corrected chi connectivity index (χ0v) is 11.2. The van der Waals surface area contributed by atoms with E-state index in [4.69, 9.17) is 25.3 Å². The summed E-state index contributed by atoms with van der Waals surface area (Å²) in [6.45, 7) is -2.08. The molecule has 0 spiro atoms. The molecule has 11 heteroatoms. The molecule has 1 aromatic heterocycles. The van der Waals surface area contributed by atoms with E-state index in [1.54, 1.807) is 0 Å². The van der Waals surface area contributed by atoms with E-state index in [1.165, 1.54) is 19.2 Å². The standard InChI is InChI=1S/C9H18N6O5/c1-13(20-2)7-10-8(14(3-16)4-17)12-9(11-7)15(5-18)6-19/h16-19H,3-6H2,1-2H3. The molecule has 0 aliphatic heterocycles. The fourth-order valence-corrected chi connectivity index (χ4v) is 1.19. The van der Waals surface area contributed by atoms with E-state index >= 15 is 0 Å². The van der Waals surface area contributed by atoms with Gasteiger partial charge in [0.05, 0.1) is 7.11 Å². The van der Waals surface area contributed by atoms with Gasteiger partial charge in [0, 0.05) is 7.05 Å². The van der Waals surface area contributed by atoms with Crippen LogP contribution in [0.5, 0.6) is 0 Å². The monoisotopic (exact) mass is 290 g/mol. The Balaban J connectivity index is 3.26. The van der Waals surface area contributed by atoms with E-state index in [-0.39, 0.29) is 17.8 Å². The molecular weight excluding hydrogens is 272 g/mol. The van der Waals surface area contributed by atoms with E-state index in [1.807, 2.05) is 0 Å². The predicted octanol–water partition coefficient (Wildman–Crippen LogP) is -2.72. The summed E-state index contributed by atoms with van der Waals surface area (Å²) in [5.74, 6) is 0.00269. The van der Waals surface area contributed by atoms with Gasteiger partial charge >= 0.3 is 0 Å². The van der Waals surface area contributed by atoms with Gasteiger partial charge in [0.25, 0.3) is 5.95 Å². The van der Waals surface area contributed by atoms with Gasteiger partial charge in [-0.05, 0) is 0 Å². The molecule has 1 aromatic rings. The third-order valence-corrected chi connectivity index (χ3v) is 2.40. The SMILES string of the molecule is CON(C)c1nc(N(CO)CO)nc(N(CO)CO)n1. The molecule has 0 atom stereocenters. The summed E-state index contributed by atoms with van der Waals surface area (Å²) < 4.78 is 0. The first-order valence-corrected chi connectivity index (χ1v) is 5.58. The van der Waals surface area contributed by atoms with Crippen molar-refractivity contribution in [1.29, 1.82) is 0 Å². The quantitative estimate of drug-likeness (QED) is 0.293. The van der Waals surface area contributed by atoms with Crippen LogP contribution in [-0.4, -0.2) is 76.5 Å². The first kappa shape index (κ1) is 16.3. The van der Waals surface area contributed by atoms with Crippen molar-refractivity contribution in [3.8, 4) is 0 Å². The molecular formula is C9H18N6O5. The Morgan fingerprint density at radius 2 is 1.15 bits per heavy atom. The molecule has 0 unspecified atom stereocenters.